The second kappa shape index (κ2) is 3.72. The van der Waals surface area contributed by atoms with Crippen LogP contribution in [0, 0.1) is 5.92 Å². The average Bonchev–Trinajstić information content (AvgIpc) is 2.03. The van der Waals surface area contributed by atoms with Crippen molar-refractivity contribution in [2.45, 2.75) is 11.7 Å². The molecule has 0 aliphatic carbocycles. The summed E-state index contributed by atoms with van der Waals surface area (Å²) in [6.07, 6.45) is 1.86. The fourth-order valence-corrected chi connectivity index (χ4v) is 3.07. The molecule has 0 aromatic heterocycles. The van der Waals surface area contributed by atoms with Gasteiger partial charge in [-0.1, -0.05) is 0 Å². The molecule has 5 heteroatoms. The number of hydrogen-bond acceptors (Lipinski definition) is 4. The third kappa shape index (κ3) is 2.18. The second-order valence-corrected chi connectivity index (χ2v) is 5.57. The predicted octanol–water partition coefficient (Wildman–Crippen LogP) is -0.999. The maximum atomic E-state index is 11.2. The maximum absolute atomic E-state index is 11.2. The van der Waals surface area contributed by atoms with Gasteiger partial charge in [0.05, 0.1) is 5.25 Å². The molecule has 1 saturated heterocycles. The van der Waals surface area contributed by atoms with E-state index in [1.165, 1.54) is 6.26 Å². The Morgan fingerprint density at radius 1 is 1.58 bits per heavy atom. The van der Waals surface area contributed by atoms with Gasteiger partial charge in [-0.2, -0.15) is 0 Å². The number of hydrogen-bond donors (Lipinski definition) is 2. The van der Waals surface area contributed by atoms with Gasteiger partial charge in [0.2, 0.25) is 0 Å². The highest BCUT2D eigenvalue weighted by molar-refractivity contribution is 7.91. The fourth-order valence-electron chi connectivity index (χ4n) is 1.64. The van der Waals surface area contributed by atoms with Crippen LogP contribution in [0.4, 0.5) is 0 Å². The van der Waals surface area contributed by atoms with E-state index < -0.39 is 9.84 Å². The molecule has 72 valence electrons. The minimum atomic E-state index is -2.99. The first-order valence-electron chi connectivity index (χ1n) is 4.06. The molecule has 1 aliphatic rings. The van der Waals surface area contributed by atoms with Crippen LogP contribution < -0.4 is 5.32 Å². The van der Waals surface area contributed by atoms with Crippen molar-refractivity contribution in [2.75, 3.05) is 26.0 Å². The average molecular weight is 193 g/mol. The summed E-state index contributed by atoms with van der Waals surface area (Å²) in [6, 6.07) is 0. The van der Waals surface area contributed by atoms with Crippen molar-refractivity contribution in [1.29, 1.82) is 0 Å². The summed E-state index contributed by atoms with van der Waals surface area (Å²) >= 11 is 0. The van der Waals surface area contributed by atoms with E-state index in [4.69, 9.17) is 5.11 Å². The van der Waals surface area contributed by atoms with Crippen LogP contribution in [-0.4, -0.2) is 44.7 Å². The first-order chi connectivity index (χ1) is 5.55. The molecule has 2 unspecified atom stereocenters. The van der Waals surface area contributed by atoms with Gasteiger partial charge in [-0.25, -0.2) is 8.42 Å². The Bertz CT molecular complexity index is 237. The van der Waals surface area contributed by atoms with Crippen molar-refractivity contribution < 1.29 is 13.5 Å². The molecule has 4 nitrogen and oxygen atoms in total. The number of sulfone groups is 1. The van der Waals surface area contributed by atoms with E-state index in [2.05, 4.69) is 5.32 Å². The van der Waals surface area contributed by atoms with Gasteiger partial charge in [-0.3, -0.25) is 0 Å². The minimum absolute atomic E-state index is 0.0509. The van der Waals surface area contributed by atoms with Crippen molar-refractivity contribution in [3.05, 3.63) is 0 Å². The van der Waals surface area contributed by atoms with E-state index in [0.29, 0.717) is 13.0 Å². The Balaban J connectivity index is 2.72. The third-order valence-corrected chi connectivity index (χ3v) is 4.04. The molecule has 1 heterocycles. The summed E-state index contributed by atoms with van der Waals surface area (Å²) in [4.78, 5) is 0. The Morgan fingerprint density at radius 2 is 2.25 bits per heavy atom. The van der Waals surface area contributed by atoms with Gasteiger partial charge in [0.1, 0.15) is 0 Å². The zero-order valence-electron chi connectivity index (χ0n) is 7.16. The second-order valence-electron chi connectivity index (χ2n) is 3.30. The number of piperidine rings is 1. The lowest BCUT2D eigenvalue weighted by Gasteiger charge is -2.29. The van der Waals surface area contributed by atoms with Crippen LogP contribution >= 0.6 is 0 Å². The van der Waals surface area contributed by atoms with E-state index in [1.807, 2.05) is 0 Å². The number of nitrogens with one attached hydrogen (secondary N) is 1. The quantitative estimate of drug-likeness (QED) is 0.590. The fraction of sp³-hybridized carbons (Fsp3) is 1.00. The highest BCUT2D eigenvalue weighted by Crippen LogP contribution is 2.18. The van der Waals surface area contributed by atoms with E-state index in [9.17, 15) is 8.42 Å². The van der Waals surface area contributed by atoms with Crippen LogP contribution in [0.5, 0.6) is 0 Å². The SMILES string of the molecule is CS(=O)(=O)C1CCNCC1CO. The molecule has 0 saturated carbocycles. The van der Waals surface area contributed by atoms with Crippen molar-refractivity contribution in [1.82, 2.24) is 5.32 Å². The maximum Gasteiger partial charge on any atom is 0.150 e. The summed E-state index contributed by atoms with van der Waals surface area (Å²) in [7, 11) is -2.99. The molecule has 1 rings (SSSR count). The number of aliphatic hydroxyl groups excluding tert-OH is 1. The molecule has 0 aromatic rings. The Morgan fingerprint density at radius 3 is 2.67 bits per heavy atom. The highest BCUT2D eigenvalue weighted by atomic mass is 32.2. The topological polar surface area (TPSA) is 66.4 Å². The van der Waals surface area contributed by atoms with E-state index in [1.54, 1.807) is 0 Å². The summed E-state index contributed by atoms with van der Waals surface area (Å²) in [5.74, 6) is -0.131. The molecule has 2 N–H and O–H groups in total. The van der Waals surface area contributed by atoms with Gasteiger partial charge in [-0.15, -0.1) is 0 Å². The van der Waals surface area contributed by atoms with Crippen LogP contribution in [0.3, 0.4) is 0 Å². The van der Waals surface area contributed by atoms with Crippen molar-refractivity contribution in [2.24, 2.45) is 5.92 Å². The smallest absolute Gasteiger partial charge is 0.150 e. The van der Waals surface area contributed by atoms with Gasteiger partial charge < -0.3 is 10.4 Å². The van der Waals surface area contributed by atoms with Gasteiger partial charge in [0.15, 0.2) is 9.84 Å². The standard InChI is InChI=1S/C7H15NO3S/c1-12(10,11)7-2-3-8-4-6(7)5-9/h6-9H,2-5H2,1H3. The molecule has 0 amide bonds. The molecule has 0 bridgehead atoms. The molecule has 1 aliphatic heterocycles. The highest BCUT2D eigenvalue weighted by Gasteiger charge is 2.31. The van der Waals surface area contributed by atoms with Crippen LogP contribution in [0.2, 0.25) is 0 Å². The molecule has 0 spiro atoms. The van der Waals surface area contributed by atoms with E-state index in [-0.39, 0.29) is 17.8 Å². The van der Waals surface area contributed by atoms with Gasteiger partial charge >= 0.3 is 0 Å². The lowest BCUT2D eigenvalue weighted by Crippen LogP contribution is -2.45. The van der Waals surface area contributed by atoms with Crippen molar-refractivity contribution in [3.8, 4) is 0 Å². The van der Waals surface area contributed by atoms with Crippen LogP contribution in [0.1, 0.15) is 6.42 Å². The van der Waals surface area contributed by atoms with Crippen molar-refractivity contribution in [3.63, 3.8) is 0 Å². The molecule has 12 heavy (non-hydrogen) atoms. The van der Waals surface area contributed by atoms with Crippen molar-refractivity contribution >= 4 is 9.84 Å². The Hall–Kier alpha value is -0.130. The van der Waals surface area contributed by atoms with Crippen LogP contribution in [0.15, 0.2) is 0 Å². The summed E-state index contributed by atoms with van der Waals surface area (Å²) < 4.78 is 22.4. The monoisotopic (exact) mass is 193 g/mol. The number of rotatable bonds is 2. The molecule has 0 radical (unpaired) electrons. The first kappa shape index (κ1) is 9.95. The van der Waals surface area contributed by atoms with Crippen LogP contribution in [-0.2, 0) is 9.84 Å². The number of aliphatic hydroxyl groups is 1. The third-order valence-electron chi connectivity index (χ3n) is 2.32. The molecule has 1 fully saturated rings. The van der Waals surface area contributed by atoms with Gasteiger partial charge in [-0.05, 0) is 13.0 Å². The zero-order chi connectivity index (χ0) is 9.19. The van der Waals surface area contributed by atoms with E-state index in [0.717, 1.165) is 6.54 Å². The predicted molar refractivity (Wildman–Crippen MR) is 46.7 cm³/mol. The Kier molecular flexibility index (Phi) is 3.09. The molecular formula is C7H15NO3S. The zero-order valence-corrected chi connectivity index (χ0v) is 7.97. The lowest BCUT2D eigenvalue weighted by molar-refractivity contribution is 0.201. The Labute approximate surface area is 72.9 Å². The molecular weight excluding hydrogens is 178 g/mol. The molecule has 0 aromatic carbocycles. The lowest BCUT2D eigenvalue weighted by atomic mass is 10.0. The summed E-state index contributed by atoms with van der Waals surface area (Å²) in [6.45, 7) is 1.28. The largest absolute Gasteiger partial charge is 0.396 e. The first-order valence-corrected chi connectivity index (χ1v) is 6.01. The minimum Gasteiger partial charge on any atom is -0.396 e. The molecule has 2 atom stereocenters. The van der Waals surface area contributed by atoms with Gasteiger partial charge in [0, 0.05) is 25.3 Å². The van der Waals surface area contributed by atoms with Crippen LogP contribution in [0.25, 0.3) is 0 Å². The van der Waals surface area contributed by atoms with E-state index >= 15 is 0 Å². The summed E-state index contributed by atoms with van der Waals surface area (Å²) in [5, 5.41) is 11.6. The normalized spacial score (nSPS) is 31.8. The summed E-state index contributed by atoms with van der Waals surface area (Å²) in [5.41, 5.74) is 0. The van der Waals surface area contributed by atoms with Gasteiger partial charge in [0.25, 0.3) is 0 Å².